The summed E-state index contributed by atoms with van der Waals surface area (Å²) in [6.45, 7) is 4.17. The fourth-order valence-corrected chi connectivity index (χ4v) is 4.81. The number of rotatable bonds is 2. The van der Waals surface area contributed by atoms with Crippen LogP contribution in [-0.4, -0.2) is 42.2 Å². The molecule has 3 aliphatic rings. The van der Waals surface area contributed by atoms with Crippen LogP contribution in [0.25, 0.3) is 0 Å². The SMILES string of the molecule is S=C(N[C@H]1C[C@@H]2CC[C@@H]1C2)N1CCN(c2ccccc2)CC1. The van der Waals surface area contributed by atoms with E-state index in [1.165, 1.54) is 31.4 Å². The molecule has 1 saturated heterocycles. The molecule has 2 bridgehead atoms. The highest BCUT2D eigenvalue weighted by atomic mass is 32.1. The zero-order chi connectivity index (χ0) is 14.9. The maximum atomic E-state index is 5.68. The van der Waals surface area contributed by atoms with Gasteiger partial charge >= 0.3 is 0 Å². The molecular formula is C18H25N3S. The van der Waals surface area contributed by atoms with Gasteiger partial charge in [0, 0.05) is 37.9 Å². The summed E-state index contributed by atoms with van der Waals surface area (Å²) in [6, 6.07) is 11.3. The highest BCUT2D eigenvalue weighted by molar-refractivity contribution is 7.80. The zero-order valence-electron chi connectivity index (χ0n) is 13.1. The van der Waals surface area contributed by atoms with Gasteiger partial charge in [-0.2, -0.15) is 0 Å². The average Bonchev–Trinajstić information content (AvgIpc) is 3.19. The summed E-state index contributed by atoms with van der Waals surface area (Å²) in [5.74, 6) is 1.86. The second-order valence-corrected chi connectivity index (χ2v) is 7.43. The Morgan fingerprint density at radius 1 is 1.00 bits per heavy atom. The smallest absolute Gasteiger partial charge is 0.169 e. The maximum absolute atomic E-state index is 5.68. The molecule has 0 radical (unpaired) electrons. The molecule has 1 heterocycles. The summed E-state index contributed by atoms with van der Waals surface area (Å²) in [4.78, 5) is 4.82. The van der Waals surface area contributed by atoms with Crippen molar-refractivity contribution in [3.63, 3.8) is 0 Å². The first-order valence-corrected chi connectivity index (χ1v) is 9.06. The van der Waals surface area contributed by atoms with Crippen LogP contribution < -0.4 is 10.2 Å². The third-order valence-electron chi connectivity index (χ3n) is 5.74. The van der Waals surface area contributed by atoms with Gasteiger partial charge in [-0.15, -0.1) is 0 Å². The molecule has 2 saturated carbocycles. The van der Waals surface area contributed by atoms with Crippen molar-refractivity contribution in [2.45, 2.75) is 31.7 Å². The molecular weight excluding hydrogens is 290 g/mol. The number of piperazine rings is 1. The van der Waals surface area contributed by atoms with Crippen molar-refractivity contribution in [3.05, 3.63) is 30.3 Å². The quantitative estimate of drug-likeness (QED) is 0.846. The van der Waals surface area contributed by atoms with E-state index in [0.717, 1.165) is 43.1 Å². The second kappa shape index (κ2) is 6.07. The van der Waals surface area contributed by atoms with Crippen molar-refractivity contribution < 1.29 is 0 Å². The van der Waals surface area contributed by atoms with Crippen LogP contribution >= 0.6 is 12.2 Å². The largest absolute Gasteiger partial charge is 0.368 e. The van der Waals surface area contributed by atoms with Crippen molar-refractivity contribution in [1.29, 1.82) is 0 Å². The van der Waals surface area contributed by atoms with Crippen molar-refractivity contribution in [3.8, 4) is 0 Å². The van der Waals surface area contributed by atoms with Crippen molar-refractivity contribution >= 4 is 23.0 Å². The van der Waals surface area contributed by atoms with E-state index in [0.29, 0.717) is 6.04 Å². The van der Waals surface area contributed by atoms with E-state index in [1.807, 2.05) is 0 Å². The summed E-state index contributed by atoms with van der Waals surface area (Å²) >= 11 is 5.68. The van der Waals surface area contributed by atoms with Crippen LogP contribution in [0.5, 0.6) is 0 Å². The summed E-state index contributed by atoms with van der Waals surface area (Å²) < 4.78 is 0. The van der Waals surface area contributed by atoms with E-state index < -0.39 is 0 Å². The summed E-state index contributed by atoms with van der Waals surface area (Å²) in [6.07, 6.45) is 5.63. The molecule has 3 nitrogen and oxygen atoms in total. The van der Waals surface area contributed by atoms with Gasteiger partial charge in [-0.1, -0.05) is 24.6 Å². The lowest BCUT2D eigenvalue weighted by Gasteiger charge is -2.38. The number of hydrogen-bond donors (Lipinski definition) is 1. The summed E-state index contributed by atoms with van der Waals surface area (Å²) in [5, 5.41) is 4.66. The van der Waals surface area contributed by atoms with Crippen LogP contribution in [0, 0.1) is 11.8 Å². The Kier molecular flexibility index (Phi) is 3.95. The van der Waals surface area contributed by atoms with E-state index in [1.54, 1.807) is 0 Å². The molecule has 0 spiro atoms. The van der Waals surface area contributed by atoms with Crippen LogP contribution in [0.4, 0.5) is 5.69 Å². The Hall–Kier alpha value is -1.29. The minimum atomic E-state index is 0.651. The molecule has 2 aliphatic carbocycles. The van der Waals surface area contributed by atoms with Crippen LogP contribution in [0.15, 0.2) is 30.3 Å². The lowest BCUT2D eigenvalue weighted by Crippen LogP contribution is -2.54. The first kappa shape index (κ1) is 14.3. The van der Waals surface area contributed by atoms with Crippen LogP contribution in [0.2, 0.25) is 0 Å². The molecule has 0 aromatic heterocycles. The lowest BCUT2D eigenvalue weighted by atomic mass is 9.95. The Labute approximate surface area is 138 Å². The minimum absolute atomic E-state index is 0.651. The number of anilines is 1. The Morgan fingerprint density at radius 2 is 1.77 bits per heavy atom. The number of fused-ring (bicyclic) bond motifs is 2. The summed E-state index contributed by atoms with van der Waals surface area (Å²) in [7, 11) is 0. The molecule has 0 unspecified atom stereocenters. The second-order valence-electron chi connectivity index (χ2n) is 7.04. The van der Waals surface area contributed by atoms with Crippen molar-refractivity contribution in [1.82, 2.24) is 10.2 Å². The molecule has 4 rings (SSSR count). The first-order chi connectivity index (χ1) is 10.8. The van der Waals surface area contributed by atoms with Gasteiger partial charge in [-0.25, -0.2) is 0 Å². The Bertz CT molecular complexity index is 524. The number of nitrogens with one attached hydrogen (secondary N) is 1. The molecule has 0 amide bonds. The first-order valence-electron chi connectivity index (χ1n) is 8.65. The Balaban J connectivity index is 1.29. The fourth-order valence-electron chi connectivity index (χ4n) is 4.48. The number of hydrogen-bond acceptors (Lipinski definition) is 2. The fraction of sp³-hybridized carbons (Fsp3) is 0.611. The van der Waals surface area contributed by atoms with E-state index >= 15 is 0 Å². The molecule has 3 atom stereocenters. The average molecular weight is 315 g/mol. The zero-order valence-corrected chi connectivity index (χ0v) is 13.9. The van der Waals surface area contributed by atoms with Crippen LogP contribution in [0.1, 0.15) is 25.7 Å². The monoisotopic (exact) mass is 315 g/mol. The van der Waals surface area contributed by atoms with Gasteiger partial charge in [0.1, 0.15) is 0 Å². The molecule has 3 fully saturated rings. The van der Waals surface area contributed by atoms with Gasteiger partial charge in [0.15, 0.2) is 5.11 Å². The number of thiocarbonyl (C=S) groups is 1. The highest BCUT2D eigenvalue weighted by Gasteiger charge is 2.40. The standard InChI is InChI=1S/C18H25N3S/c22-18(19-17-13-14-6-7-15(17)12-14)21-10-8-20(9-11-21)16-4-2-1-3-5-16/h1-5,14-15,17H,6-13H2,(H,19,22)/t14-,15-,17+/m1/s1. The number of nitrogens with zero attached hydrogens (tertiary/aromatic N) is 2. The van der Waals surface area contributed by atoms with E-state index in [9.17, 15) is 0 Å². The Morgan fingerprint density at radius 3 is 2.41 bits per heavy atom. The predicted molar refractivity (Wildman–Crippen MR) is 95.2 cm³/mol. The van der Waals surface area contributed by atoms with Gasteiger partial charge in [0.2, 0.25) is 0 Å². The van der Waals surface area contributed by atoms with Crippen LogP contribution in [-0.2, 0) is 0 Å². The van der Waals surface area contributed by atoms with Gasteiger partial charge < -0.3 is 15.1 Å². The molecule has 118 valence electrons. The van der Waals surface area contributed by atoms with Gasteiger partial charge in [-0.05, 0) is 55.4 Å². The normalized spacial score (nSPS) is 30.6. The predicted octanol–water partition coefficient (Wildman–Crippen LogP) is 2.87. The maximum Gasteiger partial charge on any atom is 0.169 e. The van der Waals surface area contributed by atoms with Crippen LogP contribution in [0.3, 0.4) is 0 Å². The third kappa shape index (κ3) is 2.81. The number of benzene rings is 1. The van der Waals surface area contributed by atoms with E-state index in [-0.39, 0.29) is 0 Å². The van der Waals surface area contributed by atoms with Crippen molar-refractivity contribution in [2.75, 3.05) is 31.1 Å². The molecule has 22 heavy (non-hydrogen) atoms. The molecule has 1 N–H and O–H groups in total. The molecule has 1 aromatic rings. The topological polar surface area (TPSA) is 18.5 Å². The minimum Gasteiger partial charge on any atom is -0.368 e. The van der Waals surface area contributed by atoms with Crippen molar-refractivity contribution in [2.24, 2.45) is 11.8 Å². The highest BCUT2D eigenvalue weighted by Crippen LogP contribution is 2.44. The van der Waals surface area contributed by atoms with Gasteiger partial charge in [0.05, 0.1) is 0 Å². The third-order valence-corrected chi connectivity index (χ3v) is 6.11. The van der Waals surface area contributed by atoms with Gasteiger partial charge in [0.25, 0.3) is 0 Å². The molecule has 4 heteroatoms. The van der Waals surface area contributed by atoms with Gasteiger partial charge in [-0.3, -0.25) is 0 Å². The number of para-hydroxylation sites is 1. The lowest BCUT2D eigenvalue weighted by molar-refractivity contribution is 0.345. The molecule has 1 aliphatic heterocycles. The summed E-state index contributed by atoms with van der Waals surface area (Å²) in [5.41, 5.74) is 1.33. The van der Waals surface area contributed by atoms with E-state index in [4.69, 9.17) is 12.2 Å². The molecule has 1 aromatic carbocycles. The van der Waals surface area contributed by atoms with E-state index in [2.05, 4.69) is 45.4 Å².